The lowest BCUT2D eigenvalue weighted by Crippen LogP contribution is -2.57. The van der Waals surface area contributed by atoms with E-state index in [4.69, 9.17) is 4.74 Å². The molecule has 0 heterocycles. The highest BCUT2D eigenvalue weighted by Gasteiger charge is 2.64. The Bertz CT molecular complexity index is 650. The van der Waals surface area contributed by atoms with Crippen molar-refractivity contribution in [3.8, 4) is 0 Å². The molecule has 2 saturated carbocycles. The molecule has 4 atom stereocenters. The number of amides is 1. The first-order valence-corrected chi connectivity index (χ1v) is 10.2. The number of carboxylic acid groups (broad SMARTS) is 1. The zero-order chi connectivity index (χ0) is 18.2. The Morgan fingerprint density at radius 3 is 2.76 bits per heavy atom. The smallest absolute Gasteiger partial charge is 0.404 e. The molecule has 4 nitrogen and oxygen atoms in total. The molecule has 2 fully saturated rings. The van der Waals surface area contributed by atoms with E-state index in [1.165, 1.54) is 15.6 Å². The molecule has 2 N–H and O–H groups in total. The predicted octanol–water partition coefficient (Wildman–Crippen LogP) is 5.01. The molecule has 138 valence electrons. The van der Waals surface area contributed by atoms with Crippen LogP contribution in [0.2, 0.25) is 0 Å². The lowest BCUT2D eigenvalue weighted by molar-refractivity contribution is -0.141. The van der Waals surface area contributed by atoms with Crippen molar-refractivity contribution in [3.05, 3.63) is 33.4 Å². The summed E-state index contributed by atoms with van der Waals surface area (Å²) in [5.41, 5.74) is 0.583. The average molecular weight is 457 g/mol. The summed E-state index contributed by atoms with van der Waals surface area (Å²) in [5, 5.41) is 12.3. The van der Waals surface area contributed by atoms with Crippen molar-refractivity contribution in [2.45, 2.75) is 57.6 Å². The molecule has 0 aromatic heterocycles. The summed E-state index contributed by atoms with van der Waals surface area (Å²) in [5.74, 6) is 1.05. The maximum absolute atomic E-state index is 11.5. The molecule has 1 aromatic carbocycles. The fourth-order valence-electron chi connectivity index (χ4n) is 5.59. The second-order valence-electron chi connectivity index (χ2n) is 8.11. The van der Waals surface area contributed by atoms with Gasteiger partial charge in [0.25, 0.3) is 0 Å². The van der Waals surface area contributed by atoms with Crippen molar-refractivity contribution >= 4 is 28.7 Å². The van der Waals surface area contributed by atoms with Gasteiger partial charge in [0.2, 0.25) is 0 Å². The molecular weight excluding hydrogens is 429 g/mol. The second kappa shape index (κ2) is 7.06. The highest BCUT2D eigenvalue weighted by Crippen LogP contribution is 2.65. The molecule has 3 rings (SSSR count). The van der Waals surface area contributed by atoms with E-state index in [1.54, 1.807) is 0 Å². The molecule has 2 aliphatic rings. The minimum absolute atomic E-state index is 0.0431. The number of nitrogens with one attached hydrogen (secondary N) is 1. The first-order chi connectivity index (χ1) is 11.8. The minimum atomic E-state index is -0.922. The van der Waals surface area contributed by atoms with Gasteiger partial charge in [-0.15, -0.1) is 0 Å². The van der Waals surface area contributed by atoms with E-state index in [9.17, 15) is 9.90 Å². The highest BCUT2D eigenvalue weighted by atomic mass is 127. The van der Waals surface area contributed by atoms with E-state index in [1.807, 2.05) is 7.11 Å². The predicted molar refractivity (Wildman–Crippen MR) is 107 cm³/mol. The zero-order valence-corrected chi connectivity index (χ0v) is 17.4. The minimum Gasteiger partial charge on any atom is -0.465 e. The van der Waals surface area contributed by atoms with Gasteiger partial charge in [-0.05, 0) is 78.2 Å². The van der Waals surface area contributed by atoms with E-state index in [-0.39, 0.29) is 11.5 Å². The van der Waals surface area contributed by atoms with E-state index in [0.717, 1.165) is 25.7 Å². The number of carbonyl (C=O) groups is 1. The van der Waals surface area contributed by atoms with Crippen LogP contribution in [0.4, 0.5) is 4.79 Å². The molecule has 0 aliphatic heterocycles. The number of fused-ring (bicyclic) bond motifs is 2. The molecule has 2 unspecified atom stereocenters. The first kappa shape index (κ1) is 19.0. The van der Waals surface area contributed by atoms with Crippen molar-refractivity contribution < 1.29 is 14.6 Å². The van der Waals surface area contributed by atoms with Gasteiger partial charge in [-0.3, -0.25) is 0 Å². The summed E-state index contributed by atoms with van der Waals surface area (Å²) in [6, 6.07) is 8.38. The normalized spacial score (nSPS) is 30.4. The Morgan fingerprint density at radius 1 is 1.48 bits per heavy atom. The molecule has 1 amide bonds. The van der Waals surface area contributed by atoms with Crippen LogP contribution >= 0.6 is 22.6 Å². The van der Waals surface area contributed by atoms with Crippen LogP contribution in [0, 0.1) is 20.8 Å². The number of methoxy groups -OCH3 is 1. The van der Waals surface area contributed by atoms with Crippen LogP contribution in [0.5, 0.6) is 0 Å². The molecule has 2 bridgehead atoms. The van der Waals surface area contributed by atoms with E-state index < -0.39 is 11.7 Å². The summed E-state index contributed by atoms with van der Waals surface area (Å²) >= 11 is 2.39. The van der Waals surface area contributed by atoms with E-state index in [0.29, 0.717) is 11.8 Å². The van der Waals surface area contributed by atoms with E-state index in [2.05, 4.69) is 66.0 Å². The second-order valence-corrected chi connectivity index (χ2v) is 9.27. The fraction of sp³-hybridized carbons (Fsp3) is 0.650. The Labute approximate surface area is 163 Å². The van der Waals surface area contributed by atoms with E-state index >= 15 is 0 Å². The lowest BCUT2D eigenvalue weighted by Gasteiger charge is -2.52. The summed E-state index contributed by atoms with van der Waals surface area (Å²) < 4.78 is 7.59. The Morgan fingerprint density at radius 2 is 2.20 bits per heavy atom. The maximum atomic E-state index is 11.5. The number of benzene rings is 1. The SMILES string of the molecule is COC(CC(C)C)(c1ccccc1I)[C@]12CCC(C[C@@H]1NC(=O)O)C2. The summed E-state index contributed by atoms with van der Waals surface area (Å²) in [6.07, 6.45) is 4.14. The van der Waals surface area contributed by atoms with Gasteiger partial charge in [-0.25, -0.2) is 4.79 Å². The lowest BCUT2D eigenvalue weighted by atomic mass is 9.61. The molecular formula is C20H28INO3. The highest BCUT2D eigenvalue weighted by molar-refractivity contribution is 14.1. The van der Waals surface area contributed by atoms with Gasteiger partial charge in [0.1, 0.15) is 5.60 Å². The van der Waals surface area contributed by atoms with Gasteiger partial charge in [0, 0.05) is 22.1 Å². The summed E-state index contributed by atoms with van der Waals surface area (Å²) in [7, 11) is 1.81. The molecule has 25 heavy (non-hydrogen) atoms. The van der Waals surface area contributed by atoms with Gasteiger partial charge in [0.15, 0.2) is 0 Å². The molecule has 0 saturated heterocycles. The number of hydrogen-bond acceptors (Lipinski definition) is 2. The van der Waals surface area contributed by atoms with Crippen molar-refractivity contribution in [1.29, 1.82) is 0 Å². The van der Waals surface area contributed by atoms with Gasteiger partial charge >= 0.3 is 6.09 Å². The number of halogens is 1. The van der Waals surface area contributed by atoms with Gasteiger partial charge < -0.3 is 15.2 Å². The van der Waals surface area contributed by atoms with Crippen molar-refractivity contribution in [1.82, 2.24) is 5.32 Å². The monoisotopic (exact) mass is 457 g/mol. The topological polar surface area (TPSA) is 58.6 Å². The molecule has 5 heteroatoms. The van der Waals surface area contributed by atoms with Gasteiger partial charge in [-0.2, -0.15) is 0 Å². The third-order valence-corrected chi connectivity index (χ3v) is 7.28. The van der Waals surface area contributed by atoms with Crippen LogP contribution in [-0.4, -0.2) is 24.4 Å². The molecule has 0 radical (unpaired) electrons. The molecule has 2 aliphatic carbocycles. The van der Waals surface area contributed by atoms with Crippen LogP contribution in [0.15, 0.2) is 24.3 Å². The van der Waals surface area contributed by atoms with Crippen molar-refractivity contribution in [2.24, 2.45) is 17.3 Å². The van der Waals surface area contributed by atoms with Crippen LogP contribution in [-0.2, 0) is 10.3 Å². The number of hydrogen-bond donors (Lipinski definition) is 2. The quantitative estimate of drug-likeness (QED) is 0.591. The molecule has 1 aromatic rings. The third kappa shape index (κ3) is 3.07. The van der Waals surface area contributed by atoms with Crippen LogP contribution in [0.1, 0.15) is 51.5 Å². The summed E-state index contributed by atoms with van der Waals surface area (Å²) in [4.78, 5) is 11.5. The van der Waals surface area contributed by atoms with Crippen molar-refractivity contribution in [3.63, 3.8) is 0 Å². The molecule has 0 spiro atoms. The Balaban J connectivity index is 2.16. The van der Waals surface area contributed by atoms with Crippen LogP contribution in [0.3, 0.4) is 0 Å². The maximum Gasteiger partial charge on any atom is 0.404 e. The largest absolute Gasteiger partial charge is 0.465 e. The number of rotatable bonds is 6. The first-order valence-electron chi connectivity index (χ1n) is 9.14. The van der Waals surface area contributed by atoms with Crippen molar-refractivity contribution in [2.75, 3.05) is 7.11 Å². The fourth-order valence-corrected chi connectivity index (χ4v) is 6.42. The Hall–Kier alpha value is -0.820. The van der Waals surface area contributed by atoms with Gasteiger partial charge in [-0.1, -0.05) is 32.0 Å². The van der Waals surface area contributed by atoms with Crippen LogP contribution < -0.4 is 5.32 Å². The van der Waals surface area contributed by atoms with Gasteiger partial charge in [0.05, 0.1) is 0 Å². The third-order valence-electron chi connectivity index (χ3n) is 6.34. The number of ether oxygens (including phenoxy) is 1. The zero-order valence-electron chi connectivity index (χ0n) is 15.2. The van der Waals surface area contributed by atoms with Crippen LogP contribution in [0.25, 0.3) is 0 Å². The summed E-state index contributed by atoms with van der Waals surface area (Å²) in [6.45, 7) is 4.45. The Kier molecular flexibility index (Phi) is 5.36. The average Bonchev–Trinajstić information content (AvgIpc) is 3.12. The standard InChI is InChI=1S/C20H28INO3/c1-13(2)11-20(25-3,15-6-4-5-7-16(15)21)19-9-8-14(12-19)10-17(19)22-18(23)24/h4-7,13-14,17,22H,8-12H2,1-3H3,(H,23,24)/t14?,17-,19-,20?/m0/s1.